The quantitative estimate of drug-likeness (QED) is 0.612. The first kappa shape index (κ1) is 15.5. The zero-order valence-electron chi connectivity index (χ0n) is 14.7. The summed E-state index contributed by atoms with van der Waals surface area (Å²) in [7, 11) is 0. The second-order valence-corrected chi connectivity index (χ2v) is 6.94. The molecular formula is C21H22N4O. The summed E-state index contributed by atoms with van der Waals surface area (Å²) in [5, 5.41) is 2.41. The molecule has 1 aliphatic rings. The monoisotopic (exact) mass is 346 g/mol. The second-order valence-electron chi connectivity index (χ2n) is 6.94. The van der Waals surface area contributed by atoms with Gasteiger partial charge in [-0.25, -0.2) is 4.98 Å². The van der Waals surface area contributed by atoms with E-state index < -0.39 is 0 Å². The summed E-state index contributed by atoms with van der Waals surface area (Å²) in [6.45, 7) is 5.26. The third-order valence-corrected chi connectivity index (χ3v) is 5.37. The molecule has 5 nitrogen and oxygen atoms in total. The maximum atomic E-state index is 5.50. The van der Waals surface area contributed by atoms with Gasteiger partial charge in [0.15, 0.2) is 0 Å². The fraction of sp³-hybridized carbons (Fsp3) is 0.286. The minimum absolute atomic E-state index is 0.914. The normalized spacial score (nSPS) is 15.9. The molecule has 1 N–H and O–H groups in total. The van der Waals surface area contributed by atoms with Gasteiger partial charge in [0.1, 0.15) is 11.4 Å². The summed E-state index contributed by atoms with van der Waals surface area (Å²) in [4.78, 5) is 12.8. The van der Waals surface area contributed by atoms with Gasteiger partial charge in [0, 0.05) is 50.6 Å². The van der Waals surface area contributed by atoms with Crippen molar-refractivity contribution in [2.24, 2.45) is 0 Å². The van der Waals surface area contributed by atoms with E-state index in [2.05, 4.69) is 44.0 Å². The molecule has 1 aromatic carbocycles. The van der Waals surface area contributed by atoms with Crippen LogP contribution in [0, 0.1) is 0 Å². The molecule has 3 aromatic heterocycles. The Bertz CT molecular complexity index is 1030. The number of piperazine rings is 1. The lowest BCUT2D eigenvalue weighted by atomic mass is 10.1. The summed E-state index contributed by atoms with van der Waals surface area (Å²) in [6.07, 6.45) is 6.68. The summed E-state index contributed by atoms with van der Waals surface area (Å²) < 4.78 is 5.50. The van der Waals surface area contributed by atoms with Gasteiger partial charge in [-0.05, 0) is 47.7 Å². The van der Waals surface area contributed by atoms with Crippen molar-refractivity contribution in [2.45, 2.75) is 6.42 Å². The molecule has 5 heteroatoms. The van der Waals surface area contributed by atoms with Gasteiger partial charge < -0.3 is 14.3 Å². The van der Waals surface area contributed by atoms with Crippen LogP contribution in [0.15, 0.2) is 59.5 Å². The molecule has 0 aliphatic carbocycles. The summed E-state index contributed by atoms with van der Waals surface area (Å²) >= 11 is 0. The lowest BCUT2D eigenvalue weighted by Gasteiger charge is -2.35. The van der Waals surface area contributed by atoms with E-state index in [9.17, 15) is 0 Å². The maximum Gasteiger partial charge on any atom is 0.139 e. The van der Waals surface area contributed by atoms with Gasteiger partial charge in [-0.3, -0.25) is 4.90 Å². The Hall–Kier alpha value is -2.79. The average molecular weight is 346 g/mol. The predicted octanol–water partition coefficient (Wildman–Crippen LogP) is 3.67. The van der Waals surface area contributed by atoms with E-state index in [1.165, 1.54) is 16.5 Å². The maximum absolute atomic E-state index is 5.50. The number of H-pyrrole nitrogens is 1. The van der Waals surface area contributed by atoms with Crippen molar-refractivity contribution in [1.82, 2.24) is 14.9 Å². The van der Waals surface area contributed by atoms with Crippen molar-refractivity contribution in [3.8, 4) is 0 Å². The van der Waals surface area contributed by atoms with Crippen LogP contribution in [0.5, 0.6) is 0 Å². The van der Waals surface area contributed by atoms with E-state index in [-0.39, 0.29) is 0 Å². The zero-order valence-corrected chi connectivity index (χ0v) is 14.7. The molecule has 1 saturated heterocycles. The van der Waals surface area contributed by atoms with Crippen LogP contribution in [-0.4, -0.2) is 47.6 Å². The van der Waals surface area contributed by atoms with Gasteiger partial charge in [-0.2, -0.15) is 0 Å². The number of anilines is 1. The second kappa shape index (κ2) is 6.50. The Balaban J connectivity index is 1.21. The number of nitrogens with one attached hydrogen (secondary N) is 1. The van der Waals surface area contributed by atoms with Crippen LogP contribution >= 0.6 is 0 Å². The van der Waals surface area contributed by atoms with E-state index in [4.69, 9.17) is 4.42 Å². The van der Waals surface area contributed by atoms with Crippen LogP contribution in [0.4, 0.5) is 5.82 Å². The van der Waals surface area contributed by atoms with Crippen molar-refractivity contribution < 1.29 is 4.42 Å². The Kier molecular flexibility index (Phi) is 3.87. The van der Waals surface area contributed by atoms with Gasteiger partial charge in [0.25, 0.3) is 0 Å². The SMILES string of the molecule is c1cc2occc2c(N2CCN(CCc3ccc4[nH]ccc4c3)CC2)n1. The van der Waals surface area contributed by atoms with Crippen LogP contribution in [0.1, 0.15) is 5.56 Å². The molecule has 0 unspecified atom stereocenters. The molecule has 4 heterocycles. The van der Waals surface area contributed by atoms with E-state index in [0.717, 1.165) is 55.9 Å². The number of hydrogen-bond donors (Lipinski definition) is 1. The molecule has 26 heavy (non-hydrogen) atoms. The third-order valence-electron chi connectivity index (χ3n) is 5.37. The Morgan fingerprint density at radius 3 is 2.88 bits per heavy atom. The highest BCUT2D eigenvalue weighted by molar-refractivity contribution is 5.88. The number of hydrogen-bond acceptors (Lipinski definition) is 4. The predicted molar refractivity (Wildman–Crippen MR) is 105 cm³/mol. The largest absolute Gasteiger partial charge is 0.464 e. The zero-order chi connectivity index (χ0) is 17.3. The molecule has 1 fully saturated rings. The van der Waals surface area contributed by atoms with Gasteiger partial charge in [-0.1, -0.05) is 6.07 Å². The molecule has 0 atom stereocenters. The molecule has 0 radical (unpaired) electrons. The first-order chi connectivity index (χ1) is 12.9. The van der Waals surface area contributed by atoms with Crippen LogP contribution in [0.25, 0.3) is 21.9 Å². The van der Waals surface area contributed by atoms with Crippen molar-refractivity contribution in [2.75, 3.05) is 37.6 Å². The number of aromatic amines is 1. The molecular weight excluding hydrogens is 324 g/mol. The highest BCUT2D eigenvalue weighted by Crippen LogP contribution is 2.26. The number of rotatable bonds is 4. The average Bonchev–Trinajstić information content (AvgIpc) is 3.35. The van der Waals surface area contributed by atoms with E-state index in [0.29, 0.717) is 0 Å². The first-order valence-electron chi connectivity index (χ1n) is 9.22. The minimum Gasteiger partial charge on any atom is -0.464 e. The summed E-state index contributed by atoms with van der Waals surface area (Å²) in [6, 6.07) is 12.8. The van der Waals surface area contributed by atoms with Crippen molar-refractivity contribution in [3.05, 3.63) is 60.6 Å². The van der Waals surface area contributed by atoms with Gasteiger partial charge in [0.05, 0.1) is 11.6 Å². The number of furan rings is 1. The van der Waals surface area contributed by atoms with Gasteiger partial charge in [-0.15, -0.1) is 0 Å². The van der Waals surface area contributed by atoms with Crippen molar-refractivity contribution in [1.29, 1.82) is 0 Å². The molecule has 4 aromatic rings. The number of nitrogens with zero attached hydrogens (tertiary/aromatic N) is 3. The first-order valence-corrected chi connectivity index (χ1v) is 9.22. The Morgan fingerprint density at radius 2 is 1.96 bits per heavy atom. The number of pyridine rings is 1. The van der Waals surface area contributed by atoms with E-state index in [1.54, 1.807) is 6.26 Å². The van der Waals surface area contributed by atoms with Crippen molar-refractivity contribution >= 4 is 27.7 Å². The fourth-order valence-corrected chi connectivity index (χ4v) is 3.86. The van der Waals surface area contributed by atoms with Crippen LogP contribution < -0.4 is 4.90 Å². The van der Waals surface area contributed by atoms with Crippen LogP contribution in [0.3, 0.4) is 0 Å². The Labute approximate surface area is 152 Å². The number of benzene rings is 1. The standard InChI is InChI=1S/C21H22N4O/c1-2-19-17(3-7-22-19)15-16(1)5-9-24-10-12-25(13-11-24)21-18-6-14-26-20(18)4-8-23-21/h1-4,6-8,14-15,22H,5,9-13H2. The van der Waals surface area contributed by atoms with E-state index >= 15 is 0 Å². The van der Waals surface area contributed by atoms with Crippen molar-refractivity contribution in [3.63, 3.8) is 0 Å². The molecule has 5 rings (SSSR count). The van der Waals surface area contributed by atoms with Gasteiger partial charge >= 0.3 is 0 Å². The molecule has 0 amide bonds. The third kappa shape index (κ3) is 2.84. The van der Waals surface area contributed by atoms with Crippen LogP contribution in [-0.2, 0) is 6.42 Å². The summed E-state index contributed by atoms with van der Waals surface area (Å²) in [5.74, 6) is 1.05. The lowest BCUT2D eigenvalue weighted by molar-refractivity contribution is 0.260. The highest BCUT2D eigenvalue weighted by Gasteiger charge is 2.20. The Morgan fingerprint density at radius 1 is 1.04 bits per heavy atom. The minimum atomic E-state index is 0.914. The topological polar surface area (TPSA) is 48.3 Å². The van der Waals surface area contributed by atoms with Gasteiger partial charge in [0.2, 0.25) is 0 Å². The van der Waals surface area contributed by atoms with Crippen LogP contribution in [0.2, 0.25) is 0 Å². The molecule has 0 bridgehead atoms. The smallest absolute Gasteiger partial charge is 0.139 e. The highest BCUT2D eigenvalue weighted by atomic mass is 16.3. The summed E-state index contributed by atoms with van der Waals surface area (Å²) in [5.41, 5.74) is 3.53. The molecule has 132 valence electrons. The number of aromatic nitrogens is 2. The lowest BCUT2D eigenvalue weighted by Crippen LogP contribution is -2.47. The molecule has 0 saturated carbocycles. The fourth-order valence-electron chi connectivity index (χ4n) is 3.86. The number of fused-ring (bicyclic) bond motifs is 2. The molecule has 1 aliphatic heterocycles. The van der Waals surface area contributed by atoms with E-state index in [1.807, 2.05) is 24.5 Å². The molecule has 0 spiro atoms.